The number of carbonyl (C=O) groups is 1. The predicted molar refractivity (Wildman–Crippen MR) is 123 cm³/mol. The van der Waals surface area contributed by atoms with E-state index in [4.69, 9.17) is 4.74 Å². The molecule has 0 radical (unpaired) electrons. The van der Waals surface area contributed by atoms with Crippen molar-refractivity contribution in [2.45, 2.75) is 19.7 Å². The standard InChI is InChI=1S/C25H29N5O2/c31-24(18-30-25-21(16-27-30)19-32-23-9-5-4-8-22(23)25)26-10-11-28-12-14-29(15-13-28)17-20-6-2-1-3-7-20/h1-9,16H,10-15,17-19H2,(H,26,31). The lowest BCUT2D eigenvalue weighted by Gasteiger charge is -2.34. The van der Waals surface area contributed by atoms with Crippen LogP contribution < -0.4 is 10.1 Å². The molecule has 0 bridgehead atoms. The Hall–Kier alpha value is -3.16. The summed E-state index contributed by atoms with van der Waals surface area (Å²) in [5, 5.41) is 7.50. The van der Waals surface area contributed by atoms with Gasteiger partial charge in [0.25, 0.3) is 0 Å². The molecule has 0 saturated carbocycles. The highest BCUT2D eigenvalue weighted by Crippen LogP contribution is 2.36. The summed E-state index contributed by atoms with van der Waals surface area (Å²) in [7, 11) is 0. The van der Waals surface area contributed by atoms with E-state index in [0.29, 0.717) is 13.2 Å². The van der Waals surface area contributed by atoms with Crippen LogP contribution in [-0.4, -0.2) is 64.8 Å². The Morgan fingerprint density at radius 2 is 1.72 bits per heavy atom. The molecule has 1 aromatic heterocycles. The Labute approximate surface area is 188 Å². The van der Waals surface area contributed by atoms with Gasteiger partial charge >= 0.3 is 0 Å². The molecule has 1 N–H and O–H groups in total. The molecule has 1 fully saturated rings. The van der Waals surface area contributed by atoms with Gasteiger partial charge in [-0.1, -0.05) is 42.5 Å². The van der Waals surface area contributed by atoms with E-state index in [0.717, 1.165) is 61.8 Å². The molecule has 0 atom stereocenters. The minimum atomic E-state index is -0.0115. The van der Waals surface area contributed by atoms with Gasteiger partial charge in [0.15, 0.2) is 0 Å². The monoisotopic (exact) mass is 431 g/mol. The summed E-state index contributed by atoms with van der Waals surface area (Å²) < 4.78 is 7.56. The first-order chi connectivity index (χ1) is 15.8. The Morgan fingerprint density at radius 3 is 2.56 bits per heavy atom. The SMILES string of the molecule is O=C(Cn1ncc2c1-c1ccccc1OC2)NCCN1CCN(Cc2ccccc2)CC1. The molecule has 0 aliphatic carbocycles. The molecule has 3 heterocycles. The van der Waals surface area contributed by atoms with Gasteiger partial charge in [0.1, 0.15) is 18.9 Å². The minimum Gasteiger partial charge on any atom is -0.488 e. The van der Waals surface area contributed by atoms with Crippen molar-refractivity contribution in [1.82, 2.24) is 24.9 Å². The van der Waals surface area contributed by atoms with Gasteiger partial charge in [-0.3, -0.25) is 19.3 Å². The van der Waals surface area contributed by atoms with Gasteiger partial charge < -0.3 is 10.1 Å². The molecule has 2 aromatic carbocycles. The number of hydrogen-bond donors (Lipinski definition) is 1. The van der Waals surface area contributed by atoms with Gasteiger partial charge in [0, 0.05) is 56.9 Å². The Balaban J connectivity index is 1.07. The van der Waals surface area contributed by atoms with E-state index in [-0.39, 0.29) is 12.5 Å². The first kappa shape index (κ1) is 20.7. The van der Waals surface area contributed by atoms with Crippen molar-refractivity contribution >= 4 is 5.91 Å². The summed E-state index contributed by atoms with van der Waals surface area (Å²) in [6.45, 7) is 7.43. The van der Waals surface area contributed by atoms with Crippen LogP contribution in [0.1, 0.15) is 11.1 Å². The van der Waals surface area contributed by atoms with Gasteiger partial charge in [-0.05, 0) is 17.7 Å². The molecule has 32 heavy (non-hydrogen) atoms. The van der Waals surface area contributed by atoms with E-state index in [1.54, 1.807) is 10.9 Å². The fraction of sp³-hybridized carbons (Fsp3) is 0.360. The van der Waals surface area contributed by atoms with E-state index in [1.165, 1.54) is 5.56 Å². The molecule has 2 aliphatic rings. The molecule has 166 valence electrons. The summed E-state index contributed by atoms with van der Waals surface area (Å²) in [5.74, 6) is 0.830. The normalized spacial score (nSPS) is 16.1. The number of benzene rings is 2. The lowest BCUT2D eigenvalue weighted by atomic mass is 10.0. The fourth-order valence-corrected chi connectivity index (χ4v) is 4.46. The number of nitrogens with zero attached hydrogens (tertiary/aromatic N) is 4. The van der Waals surface area contributed by atoms with Crippen molar-refractivity contribution in [2.75, 3.05) is 39.3 Å². The zero-order valence-corrected chi connectivity index (χ0v) is 18.2. The van der Waals surface area contributed by atoms with E-state index in [2.05, 4.69) is 50.5 Å². The molecule has 3 aromatic rings. The first-order valence-electron chi connectivity index (χ1n) is 11.3. The van der Waals surface area contributed by atoms with Gasteiger partial charge in [0.05, 0.1) is 11.9 Å². The average molecular weight is 432 g/mol. The topological polar surface area (TPSA) is 62.6 Å². The number of piperazine rings is 1. The summed E-state index contributed by atoms with van der Waals surface area (Å²) in [6.07, 6.45) is 1.80. The van der Waals surface area contributed by atoms with E-state index >= 15 is 0 Å². The molecule has 5 rings (SSSR count). The van der Waals surface area contributed by atoms with Crippen molar-refractivity contribution in [1.29, 1.82) is 0 Å². The molecular formula is C25H29N5O2. The van der Waals surface area contributed by atoms with Crippen LogP contribution in [0.2, 0.25) is 0 Å². The van der Waals surface area contributed by atoms with Crippen LogP contribution in [0.15, 0.2) is 60.8 Å². The van der Waals surface area contributed by atoms with Crippen LogP contribution in [0.4, 0.5) is 0 Å². The second-order valence-electron chi connectivity index (χ2n) is 8.41. The van der Waals surface area contributed by atoms with Crippen LogP contribution in [0.5, 0.6) is 5.75 Å². The first-order valence-corrected chi connectivity index (χ1v) is 11.3. The van der Waals surface area contributed by atoms with E-state index < -0.39 is 0 Å². The zero-order chi connectivity index (χ0) is 21.8. The van der Waals surface area contributed by atoms with Crippen LogP contribution in [0, 0.1) is 0 Å². The summed E-state index contributed by atoms with van der Waals surface area (Å²) in [4.78, 5) is 17.5. The Morgan fingerprint density at radius 1 is 0.969 bits per heavy atom. The maximum Gasteiger partial charge on any atom is 0.241 e. The smallest absolute Gasteiger partial charge is 0.241 e. The van der Waals surface area contributed by atoms with Crippen molar-refractivity contribution in [3.63, 3.8) is 0 Å². The van der Waals surface area contributed by atoms with E-state index in [9.17, 15) is 4.79 Å². The third-order valence-electron chi connectivity index (χ3n) is 6.20. The lowest BCUT2D eigenvalue weighted by molar-refractivity contribution is -0.121. The second kappa shape index (κ2) is 9.54. The van der Waals surface area contributed by atoms with Gasteiger partial charge in [-0.15, -0.1) is 0 Å². The average Bonchev–Trinajstić information content (AvgIpc) is 3.24. The molecule has 1 amide bonds. The summed E-state index contributed by atoms with van der Waals surface area (Å²) in [6, 6.07) is 18.5. The van der Waals surface area contributed by atoms with E-state index in [1.807, 2.05) is 24.3 Å². The third-order valence-corrected chi connectivity index (χ3v) is 6.20. The number of para-hydroxylation sites is 1. The number of hydrogen-bond acceptors (Lipinski definition) is 5. The molecule has 1 saturated heterocycles. The predicted octanol–water partition coefficient (Wildman–Crippen LogP) is 2.38. The van der Waals surface area contributed by atoms with Gasteiger partial charge in [-0.25, -0.2) is 0 Å². The van der Waals surface area contributed by atoms with Crippen molar-refractivity contribution in [3.05, 3.63) is 71.9 Å². The zero-order valence-electron chi connectivity index (χ0n) is 18.2. The van der Waals surface area contributed by atoms with Crippen LogP contribution in [-0.2, 0) is 24.5 Å². The van der Waals surface area contributed by atoms with Crippen molar-refractivity contribution in [3.8, 4) is 17.0 Å². The number of carbonyl (C=O) groups excluding carboxylic acids is 1. The fourth-order valence-electron chi connectivity index (χ4n) is 4.46. The number of rotatable bonds is 7. The molecule has 7 nitrogen and oxygen atoms in total. The number of nitrogens with one attached hydrogen (secondary N) is 1. The molecule has 7 heteroatoms. The van der Waals surface area contributed by atoms with Crippen molar-refractivity contribution < 1.29 is 9.53 Å². The van der Waals surface area contributed by atoms with Crippen molar-refractivity contribution in [2.24, 2.45) is 0 Å². The lowest BCUT2D eigenvalue weighted by Crippen LogP contribution is -2.48. The second-order valence-corrected chi connectivity index (χ2v) is 8.41. The van der Waals surface area contributed by atoms with Crippen LogP contribution in [0.25, 0.3) is 11.3 Å². The Bertz CT molecular complexity index is 1060. The Kier molecular flexibility index (Phi) is 6.18. The molecule has 0 unspecified atom stereocenters. The highest BCUT2D eigenvalue weighted by Gasteiger charge is 2.23. The summed E-state index contributed by atoms with van der Waals surface area (Å²) in [5.41, 5.74) is 4.36. The number of fused-ring (bicyclic) bond motifs is 3. The third kappa shape index (κ3) is 4.69. The maximum atomic E-state index is 12.6. The molecule has 2 aliphatic heterocycles. The number of ether oxygens (including phenoxy) is 1. The van der Waals surface area contributed by atoms with Gasteiger partial charge in [0.2, 0.25) is 5.91 Å². The maximum absolute atomic E-state index is 12.6. The highest BCUT2D eigenvalue weighted by molar-refractivity contribution is 5.78. The largest absolute Gasteiger partial charge is 0.488 e. The quantitative estimate of drug-likeness (QED) is 0.622. The van der Waals surface area contributed by atoms with Crippen LogP contribution >= 0.6 is 0 Å². The minimum absolute atomic E-state index is 0.0115. The highest BCUT2D eigenvalue weighted by atomic mass is 16.5. The summed E-state index contributed by atoms with van der Waals surface area (Å²) >= 11 is 0. The van der Waals surface area contributed by atoms with Gasteiger partial charge in [-0.2, -0.15) is 5.10 Å². The molecule has 0 spiro atoms. The number of amides is 1. The molecular weight excluding hydrogens is 402 g/mol. The number of aromatic nitrogens is 2. The van der Waals surface area contributed by atoms with Crippen LogP contribution in [0.3, 0.4) is 0 Å².